The van der Waals surface area contributed by atoms with Crippen molar-refractivity contribution in [3.8, 4) is 0 Å². The summed E-state index contributed by atoms with van der Waals surface area (Å²) in [6.07, 6.45) is 8.16. The summed E-state index contributed by atoms with van der Waals surface area (Å²) < 4.78 is 5.91. The lowest BCUT2D eigenvalue weighted by molar-refractivity contribution is -0.00100. The highest BCUT2D eigenvalue weighted by Crippen LogP contribution is 2.68. The Balaban J connectivity index is 0.977. The number of piperazine rings is 1. The minimum absolute atomic E-state index is 0.136. The SMILES string of the molecule is CC1(C)[C@H]2CC[C@@]1(C)/C(=N\OC[C@@H](O)CN1CCN(C[C@@H](O)CO/C=C3\C[C@H]4CC[C@@]3(C)C4(C)C)CC1)C2. The van der Waals surface area contributed by atoms with E-state index in [9.17, 15) is 10.2 Å². The second kappa shape index (κ2) is 10.4. The molecule has 0 aromatic heterocycles. The van der Waals surface area contributed by atoms with Gasteiger partial charge in [0.2, 0.25) is 0 Å². The second-order valence-corrected chi connectivity index (χ2v) is 14.7. The van der Waals surface area contributed by atoms with Crippen molar-refractivity contribution in [1.82, 2.24) is 9.80 Å². The van der Waals surface area contributed by atoms with Gasteiger partial charge in [-0.15, -0.1) is 0 Å². The number of oxime groups is 1. The van der Waals surface area contributed by atoms with Gasteiger partial charge in [-0.25, -0.2) is 0 Å². The van der Waals surface area contributed by atoms with E-state index < -0.39 is 12.2 Å². The third-order valence-electron chi connectivity index (χ3n) is 12.5. The van der Waals surface area contributed by atoms with Crippen LogP contribution in [0.4, 0.5) is 0 Å². The van der Waals surface area contributed by atoms with E-state index in [1.165, 1.54) is 37.0 Å². The molecule has 1 aliphatic heterocycles. The van der Waals surface area contributed by atoms with E-state index >= 15 is 0 Å². The molecule has 1 saturated heterocycles. The van der Waals surface area contributed by atoms with E-state index in [1.54, 1.807) is 0 Å². The van der Waals surface area contributed by atoms with E-state index in [2.05, 4.69) is 56.5 Å². The number of ether oxygens (including phenoxy) is 1. The molecule has 7 nitrogen and oxygen atoms in total. The van der Waals surface area contributed by atoms with Crippen LogP contribution in [0.15, 0.2) is 17.0 Å². The van der Waals surface area contributed by atoms with E-state index in [-0.39, 0.29) is 22.9 Å². The Bertz CT molecular complexity index is 850. The summed E-state index contributed by atoms with van der Waals surface area (Å²) in [6.45, 7) is 19.6. The quantitative estimate of drug-likeness (QED) is 0.324. The number of nitrogens with zero attached hydrogens (tertiary/aromatic N) is 3. The fraction of sp³-hybridized carbons (Fsp3) is 0.903. The Morgan fingerprint density at radius 3 is 1.82 bits per heavy atom. The average Bonchev–Trinajstić information content (AvgIpc) is 3.37. The van der Waals surface area contributed by atoms with Crippen LogP contribution >= 0.6 is 0 Å². The first-order valence-corrected chi connectivity index (χ1v) is 15.2. The Labute approximate surface area is 230 Å². The van der Waals surface area contributed by atoms with Crippen LogP contribution in [0.3, 0.4) is 0 Å². The molecule has 5 aliphatic rings. The van der Waals surface area contributed by atoms with Gasteiger partial charge >= 0.3 is 0 Å². The third-order valence-corrected chi connectivity index (χ3v) is 12.5. The standard InChI is InChI=1S/C31H53N3O4/c1-28(2)22-7-9-30(28,5)24(15-22)19-37-20-25(35)17-33-11-13-34(14-12-33)18-26(36)21-38-32-27-16-23-8-10-31(27,6)29(23,3)4/h19,22-23,25-26,35-36H,7-18,20-21H2,1-6H3/b24-19+,32-27-/t22-,23+,25-,26+,30-,31+/m1/s1. The van der Waals surface area contributed by atoms with Crippen LogP contribution in [-0.2, 0) is 9.57 Å². The molecule has 2 N–H and O–H groups in total. The van der Waals surface area contributed by atoms with Gasteiger partial charge in [0.25, 0.3) is 0 Å². The second-order valence-electron chi connectivity index (χ2n) is 14.7. The molecule has 216 valence electrons. The summed E-state index contributed by atoms with van der Waals surface area (Å²) in [6, 6.07) is 0. The fourth-order valence-corrected chi connectivity index (χ4v) is 8.58. The summed E-state index contributed by atoms with van der Waals surface area (Å²) in [7, 11) is 0. The summed E-state index contributed by atoms with van der Waals surface area (Å²) in [5.74, 6) is 1.47. The zero-order chi connectivity index (χ0) is 27.3. The van der Waals surface area contributed by atoms with Crippen molar-refractivity contribution < 1.29 is 19.8 Å². The summed E-state index contributed by atoms with van der Waals surface area (Å²) in [4.78, 5) is 10.2. The molecule has 0 aromatic carbocycles. The molecule has 0 amide bonds. The van der Waals surface area contributed by atoms with Gasteiger partial charge in [-0.3, -0.25) is 9.80 Å². The van der Waals surface area contributed by atoms with Crippen LogP contribution < -0.4 is 0 Å². The largest absolute Gasteiger partial charge is 0.498 e. The molecule has 0 radical (unpaired) electrons. The van der Waals surface area contributed by atoms with Gasteiger partial charge in [-0.2, -0.15) is 0 Å². The summed E-state index contributed by atoms with van der Waals surface area (Å²) >= 11 is 0. The molecular weight excluding hydrogens is 478 g/mol. The summed E-state index contributed by atoms with van der Waals surface area (Å²) in [5, 5.41) is 25.6. The number of aliphatic hydroxyl groups is 2. The van der Waals surface area contributed by atoms with Gasteiger partial charge in [0, 0.05) is 44.7 Å². The van der Waals surface area contributed by atoms with E-state index in [0.717, 1.165) is 44.9 Å². The number of β-amino-alcohol motifs (C(OH)–C–C–N with tert-alkyl or cyclic N) is 2. The Morgan fingerprint density at radius 1 is 0.816 bits per heavy atom. The molecule has 4 saturated carbocycles. The zero-order valence-corrected chi connectivity index (χ0v) is 24.8. The molecule has 5 fully saturated rings. The Morgan fingerprint density at radius 2 is 1.34 bits per heavy atom. The number of rotatable bonds is 10. The number of fused-ring (bicyclic) bond motifs is 4. The van der Waals surface area contributed by atoms with E-state index in [4.69, 9.17) is 9.57 Å². The Kier molecular flexibility index (Phi) is 7.73. The van der Waals surface area contributed by atoms with Crippen molar-refractivity contribution in [2.24, 2.45) is 38.7 Å². The molecule has 38 heavy (non-hydrogen) atoms. The van der Waals surface area contributed by atoms with Crippen LogP contribution in [0, 0.1) is 33.5 Å². The molecular formula is C31H53N3O4. The highest BCUT2D eigenvalue weighted by molar-refractivity contribution is 5.93. The zero-order valence-electron chi connectivity index (χ0n) is 24.8. The van der Waals surface area contributed by atoms with Gasteiger partial charge in [-0.1, -0.05) is 46.7 Å². The molecule has 5 rings (SSSR count). The highest BCUT2D eigenvalue weighted by atomic mass is 16.6. The first-order valence-electron chi connectivity index (χ1n) is 15.2. The van der Waals surface area contributed by atoms with Crippen molar-refractivity contribution in [3.63, 3.8) is 0 Å². The van der Waals surface area contributed by atoms with Crippen molar-refractivity contribution in [1.29, 1.82) is 0 Å². The van der Waals surface area contributed by atoms with Crippen molar-refractivity contribution in [2.75, 3.05) is 52.5 Å². The highest BCUT2D eigenvalue weighted by Gasteiger charge is 2.60. The van der Waals surface area contributed by atoms with Crippen LogP contribution in [0.5, 0.6) is 0 Å². The minimum Gasteiger partial charge on any atom is -0.498 e. The molecule has 4 aliphatic carbocycles. The van der Waals surface area contributed by atoms with E-state index in [0.29, 0.717) is 31.0 Å². The van der Waals surface area contributed by atoms with Crippen LogP contribution in [0.2, 0.25) is 0 Å². The minimum atomic E-state index is -0.546. The number of aliphatic hydroxyl groups excluding tert-OH is 2. The first kappa shape index (κ1) is 28.4. The maximum absolute atomic E-state index is 10.6. The summed E-state index contributed by atoms with van der Waals surface area (Å²) in [5.41, 5.74) is 3.63. The average molecular weight is 532 g/mol. The van der Waals surface area contributed by atoms with Crippen molar-refractivity contribution >= 4 is 5.71 Å². The lowest BCUT2D eigenvalue weighted by Gasteiger charge is -2.36. The van der Waals surface area contributed by atoms with Gasteiger partial charge < -0.3 is 19.8 Å². The van der Waals surface area contributed by atoms with Gasteiger partial charge in [0.1, 0.15) is 25.4 Å². The monoisotopic (exact) mass is 531 g/mol. The van der Waals surface area contributed by atoms with E-state index in [1.807, 2.05) is 6.26 Å². The fourth-order valence-electron chi connectivity index (χ4n) is 8.58. The van der Waals surface area contributed by atoms with Crippen LogP contribution in [-0.4, -0.2) is 90.4 Å². The molecule has 1 heterocycles. The molecule has 4 bridgehead atoms. The Hall–Kier alpha value is -1.15. The third kappa shape index (κ3) is 4.84. The molecule has 0 unspecified atom stereocenters. The van der Waals surface area contributed by atoms with Crippen LogP contribution in [0.25, 0.3) is 0 Å². The molecule has 0 spiro atoms. The first-order chi connectivity index (χ1) is 17.9. The molecule has 0 aromatic rings. The smallest absolute Gasteiger partial charge is 0.144 e. The molecule has 6 atom stereocenters. The normalized spacial score (nSPS) is 39.8. The van der Waals surface area contributed by atoms with Gasteiger partial charge in [-0.05, 0) is 72.2 Å². The van der Waals surface area contributed by atoms with Gasteiger partial charge in [0.15, 0.2) is 0 Å². The maximum atomic E-state index is 10.6. The van der Waals surface area contributed by atoms with Crippen molar-refractivity contribution in [2.45, 2.75) is 92.3 Å². The lowest BCUT2D eigenvalue weighted by Crippen LogP contribution is -2.51. The number of allylic oxidation sites excluding steroid dienone is 1. The number of hydrogen-bond donors (Lipinski definition) is 2. The van der Waals surface area contributed by atoms with Gasteiger partial charge in [0.05, 0.1) is 12.0 Å². The van der Waals surface area contributed by atoms with Crippen molar-refractivity contribution in [3.05, 3.63) is 11.8 Å². The lowest BCUT2D eigenvalue weighted by atomic mass is 9.69. The predicted octanol–water partition coefficient (Wildman–Crippen LogP) is 4.29. The predicted molar refractivity (Wildman–Crippen MR) is 151 cm³/mol. The molecule has 7 heteroatoms. The maximum Gasteiger partial charge on any atom is 0.144 e. The van der Waals surface area contributed by atoms with Crippen LogP contribution in [0.1, 0.15) is 80.1 Å². The topological polar surface area (TPSA) is 77.8 Å². The number of hydrogen-bond acceptors (Lipinski definition) is 7.